The zero-order chi connectivity index (χ0) is 33.5. The Hall–Kier alpha value is -0.160. The summed E-state index contributed by atoms with van der Waals surface area (Å²) >= 11 is 0. The highest BCUT2D eigenvalue weighted by Gasteiger charge is 2.24. The van der Waals surface area contributed by atoms with Crippen molar-refractivity contribution in [3.8, 4) is 0 Å². The summed E-state index contributed by atoms with van der Waals surface area (Å²) < 4.78 is 24.7. The number of hydrogen-bond acceptors (Lipinski definition) is 4. The molecule has 0 saturated carbocycles. The average Bonchev–Trinajstić information content (AvgIpc) is 2.97. The molecule has 0 N–H and O–H groups in total. The van der Waals surface area contributed by atoms with Crippen LogP contribution < -0.4 is 0 Å². The van der Waals surface area contributed by atoms with Crippen LogP contribution in [0.4, 0.5) is 0 Å². The zero-order valence-corrected chi connectivity index (χ0v) is 32.3. The monoisotopic (exact) mass is 641 g/mol. The highest BCUT2D eigenvalue weighted by atomic mass is 16.7. The number of unbranched alkanes of at least 4 members (excludes halogenated alkanes) is 18. The lowest BCUT2D eigenvalue weighted by Crippen LogP contribution is -2.35. The van der Waals surface area contributed by atoms with Gasteiger partial charge in [-0.05, 0) is 49.4 Å². The second-order valence-electron chi connectivity index (χ2n) is 16.3. The van der Waals surface area contributed by atoms with E-state index in [9.17, 15) is 0 Å². The highest BCUT2D eigenvalue weighted by molar-refractivity contribution is 4.66. The second-order valence-corrected chi connectivity index (χ2v) is 16.3. The molecule has 272 valence electrons. The normalized spacial score (nSPS) is 13.3. The van der Waals surface area contributed by atoms with Gasteiger partial charge in [-0.3, -0.25) is 0 Å². The van der Waals surface area contributed by atoms with Crippen molar-refractivity contribution < 1.29 is 18.9 Å². The van der Waals surface area contributed by atoms with Crippen LogP contribution in [-0.4, -0.2) is 45.9 Å². The Balaban J connectivity index is 4.63. The topological polar surface area (TPSA) is 36.9 Å². The van der Waals surface area contributed by atoms with Gasteiger partial charge in [-0.25, -0.2) is 0 Å². The van der Waals surface area contributed by atoms with Crippen LogP contribution in [0.2, 0.25) is 0 Å². The van der Waals surface area contributed by atoms with E-state index >= 15 is 0 Å². The van der Waals surface area contributed by atoms with Gasteiger partial charge in [-0.15, -0.1) is 0 Å². The molecule has 4 heteroatoms. The van der Waals surface area contributed by atoms with Crippen LogP contribution in [0.5, 0.6) is 0 Å². The fraction of sp³-hybridized carbons (Fsp3) is 1.00. The van der Waals surface area contributed by atoms with Crippen molar-refractivity contribution in [2.24, 2.45) is 10.8 Å². The van der Waals surface area contributed by atoms with E-state index in [4.69, 9.17) is 18.9 Å². The van der Waals surface area contributed by atoms with Crippen molar-refractivity contribution in [1.29, 1.82) is 0 Å². The van der Waals surface area contributed by atoms with Gasteiger partial charge in [0.25, 0.3) is 0 Å². The molecular weight excluding hydrogens is 556 g/mol. The van der Waals surface area contributed by atoms with Gasteiger partial charge in [0.2, 0.25) is 0 Å². The van der Waals surface area contributed by atoms with Gasteiger partial charge in [0.1, 0.15) is 6.10 Å². The molecule has 0 radical (unpaired) electrons. The van der Waals surface area contributed by atoms with E-state index in [2.05, 4.69) is 48.5 Å². The Bertz CT molecular complexity index is 545. The fourth-order valence-corrected chi connectivity index (χ4v) is 5.98. The third-order valence-corrected chi connectivity index (χ3v) is 8.93. The van der Waals surface area contributed by atoms with Crippen LogP contribution in [-0.2, 0) is 18.9 Å². The molecule has 0 bridgehead atoms. The van der Waals surface area contributed by atoms with E-state index in [0.29, 0.717) is 17.4 Å². The summed E-state index contributed by atoms with van der Waals surface area (Å²) in [5.41, 5.74) is 0.948. The van der Waals surface area contributed by atoms with E-state index in [-0.39, 0.29) is 12.4 Å². The van der Waals surface area contributed by atoms with Gasteiger partial charge in [0.05, 0.1) is 0 Å². The highest BCUT2D eigenvalue weighted by Crippen LogP contribution is 2.24. The predicted molar refractivity (Wildman–Crippen MR) is 197 cm³/mol. The van der Waals surface area contributed by atoms with Gasteiger partial charge >= 0.3 is 0 Å². The molecule has 0 aromatic rings. The van der Waals surface area contributed by atoms with E-state index in [1.807, 2.05) is 0 Å². The molecule has 0 aliphatic rings. The van der Waals surface area contributed by atoms with Crippen LogP contribution in [0, 0.1) is 10.8 Å². The van der Waals surface area contributed by atoms with Crippen LogP contribution in [0.15, 0.2) is 0 Å². The minimum atomic E-state index is -0.248. The van der Waals surface area contributed by atoms with Crippen molar-refractivity contribution in [3.05, 3.63) is 0 Å². The summed E-state index contributed by atoms with van der Waals surface area (Å²) in [5, 5.41) is 0. The summed E-state index contributed by atoms with van der Waals surface area (Å²) in [6, 6.07) is 0. The lowest BCUT2D eigenvalue weighted by Gasteiger charge is -2.28. The molecule has 0 saturated heterocycles. The number of rotatable bonds is 34. The maximum Gasteiger partial charge on any atom is 0.183 e. The third-order valence-electron chi connectivity index (χ3n) is 8.93. The largest absolute Gasteiger partial charge is 0.385 e. The molecule has 45 heavy (non-hydrogen) atoms. The van der Waals surface area contributed by atoms with E-state index in [0.717, 1.165) is 45.5 Å². The lowest BCUT2D eigenvalue weighted by atomic mass is 9.89. The second kappa shape index (κ2) is 31.1. The molecule has 0 aromatic carbocycles. The number of hydrogen-bond donors (Lipinski definition) is 0. The maximum atomic E-state index is 6.47. The Kier molecular flexibility index (Phi) is 31.0. The van der Waals surface area contributed by atoms with E-state index in [1.165, 1.54) is 135 Å². The number of ether oxygens (including phenoxy) is 4. The summed E-state index contributed by atoms with van der Waals surface area (Å²) in [7, 11) is 1.77. The van der Waals surface area contributed by atoms with Crippen molar-refractivity contribution in [3.63, 3.8) is 0 Å². The van der Waals surface area contributed by atoms with Crippen molar-refractivity contribution in [1.82, 2.24) is 0 Å². The van der Waals surface area contributed by atoms with Crippen molar-refractivity contribution >= 4 is 0 Å². The van der Waals surface area contributed by atoms with Crippen LogP contribution in [0.1, 0.15) is 209 Å². The SMILES string of the molecule is CCCCCCCCCC(OCCCOC)C(OCCCCCCCCCC(C)(C)C)OCCCCCCCCCC(C)(C)C. The first-order valence-electron chi connectivity index (χ1n) is 19.9. The number of methoxy groups -OCH3 is 1. The molecule has 0 aliphatic heterocycles. The Morgan fingerprint density at radius 3 is 1.20 bits per heavy atom. The molecule has 0 amide bonds. The fourth-order valence-electron chi connectivity index (χ4n) is 5.98. The summed E-state index contributed by atoms with van der Waals surface area (Å²) in [4.78, 5) is 0. The quantitative estimate of drug-likeness (QED) is 0.0518. The smallest absolute Gasteiger partial charge is 0.183 e. The van der Waals surface area contributed by atoms with Crippen molar-refractivity contribution in [2.75, 3.05) is 33.5 Å². The molecule has 0 aromatic heterocycles. The average molecular weight is 641 g/mol. The summed E-state index contributed by atoms with van der Waals surface area (Å²) in [5.74, 6) is 0. The maximum absolute atomic E-state index is 6.47. The lowest BCUT2D eigenvalue weighted by molar-refractivity contribution is -0.210. The van der Waals surface area contributed by atoms with Crippen LogP contribution in [0.3, 0.4) is 0 Å². The van der Waals surface area contributed by atoms with Crippen molar-refractivity contribution in [2.45, 2.75) is 221 Å². The van der Waals surface area contributed by atoms with E-state index in [1.54, 1.807) is 7.11 Å². The molecule has 4 nitrogen and oxygen atoms in total. The summed E-state index contributed by atoms with van der Waals surface area (Å²) in [6.45, 7) is 19.4. The first kappa shape index (κ1) is 44.8. The van der Waals surface area contributed by atoms with E-state index < -0.39 is 0 Å². The molecule has 0 fully saturated rings. The van der Waals surface area contributed by atoms with Gasteiger partial charge in [-0.2, -0.15) is 0 Å². The minimum Gasteiger partial charge on any atom is -0.385 e. The molecule has 1 unspecified atom stereocenters. The zero-order valence-electron chi connectivity index (χ0n) is 32.3. The molecule has 0 rings (SSSR count). The van der Waals surface area contributed by atoms with Gasteiger partial charge in [-0.1, -0.05) is 170 Å². The first-order valence-corrected chi connectivity index (χ1v) is 19.9. The molecule has 0 heterocycles. The summed E-state index contributed by atoms with van der Waals surface area (Å²) in [6.07, 6.45) is 31.9. The van der Waals surface area contributed by atoms with Gasteiger partial charge < -0.3 is 18.9 Å². The third kappa shape index (κ3) is 35.0. The minimum absolute atomic E-state index is 0.0168. The van der Waals surface area contributed by atoms with Gasteiger partial charge in [0.15, 0.2) is 6.29 Å². The molecule has 0 aliphatic carbocycles. The molecule has 0 spiro atoms. The Morgan fingerprint density at radius 1 is 0.400 bits per heavy atom. The van der Waals surface area contributed by atoms with Crippen LogP contribution >= 0.6 is 0 Å². The molecular formula is C41H84O4. The Morgan fingerprint density at radius 2 is 0.778 bits per heavy atom. The van der Waals surface area contributed by atoms with Crippen LogP contribution in [0.25, 0.3) is 0 Å². The Labute approximate surface area is 284 Å². The predicted octanol–water partition coefficient (Wildman–Crippen LogP) is 13.2. The first-order chi connectivity index (χ1) is 21.6. The standard InChI is InChI=1S/C41H84O4/c1-9-10-11-12-15-20-25-31-38(43-37-30-34-42-8)39(44-35-28-23-18-13-16-21-26-32-40(2,3)4)45-36-29-24-19-14-17-22-27-33-41(5,6)7/h38-39H,9-37H2,1-8H3. The van der Waals surface area contributed by atoms with Gasteiger partial charge in [0, 0.05) is 33.5 Å². The molecule has 1 atom stereocenters.